The van der Waals surface area contributed by atoms with Gasteiger partial charge in [0.25, 0.3) is 0 Å². The number of likely N-dealkylation sites (N-methyl/N-ethyl adjacent to an activating group) is 1. The second kappa shape index (κ2) is 7.04. The van der Waals surface area contributed by atoms with Crippen molar-refractivity contribution in [3.63, 3.8) is 0 Å². The summed E-state index contributed by atoms with van der Waals surface area (Å²) >= 11 is 0. The third kappa shape index (κ3) is 5.77. The lowest BCUT2D eigenvalue weighted by Gasteiger charge is -2.31. The highest BCUT2D eigenvalue weighted by Crippen LogP contribution is 1.97. The van der Waals surface area contributed by atoms with E-state index in [1.165, 1.54) is 0 Å². The molecule has 13 heavy (non-hydrogen) atoms. The number of ketones is 1. The average Bonchev–Trinajstić information content (AvgIpc) is 2.12. The van der Waals surface area contributed by atoms with Crippen LogP contribution in [0.25, 0.3) is 0 Å². The second-order valence-corrected chi connectivity index (χ2v) is 3.28. The Bertz CT molecular complexity index is 140. The lowest BCUT2D eigenvalue weighted by atomic mass is 10.3. The molecule has 0 unspecified atom stereocenters. The predicted molar refractivity (Wildman–Crippen MR) is 56.0 cm³/mol. The minimum Gasteiger partial charge on any atom is -0.304 e. The van der Waals surface area contributed by atoms with Crippen molar-refractivity contribution in [2.75, 3.05) is 39.8 Å². The van der Waals surface area contributed by atoms with E-state index < -0.39 is 0 Å². The summed E-state index contributed by atoms with van der Waals surface area (Å²) in [6.07, 6.45) is 0. The molecule has 0 aromatic heterocycles. The van der Waals surface area contributed by atoms with E-state index in [-0.39, 0.29) is 5.78 Å². The van der Waals surface area contributed by atoms with Crippen molar-refractivity contribution in [1.29, 1.82) is 0 Å². The highest BCUT2D eigenvalue weighted by atomic mass is 16.1. The Balaban J connectivity index is 0.000000671. The Hall–Kier alpha value is -0.410. The first kappa shape index (κ1) is 12.6. The fourth-order valence-electron chi connectivity index (χ4n) is 1.32. The van der Waals surface area contributed by atoms with Gasteiger partial charge in [-0.1, -0.05) is 13.8 Å². The monoisotopic (exact) mass is 186 g/mol. The Morgan fingerprint density at radius 3 is 2.00 bits per heavy atom. The molecule has 0 spiro atoms. The summed E-state index contributed by atoms with van der Waals surface area (Å²) in [4.78, 5) is 15.2. The summed E-state index contributed by atoms with van der Waals surface area (Å²) in [6.45, 7) is 10.5. The molecule has 0 aromatic carbocycles. The van der Waals surface area contributed by atoms with Crippen molar-refractivity contribution < 1.29 is 4.79 Å². The van der Waals surface area contributed by atoms with Gasteiger partial charge in [0.15, 0.2) is 0 Å². The van der Waals surface area contributed by atoms with Crippen LogP contribution in [0.3, 0.4) is 0 Å². The van der Waals surface area contributed by atoms with E-state index in [1.807, 2.05) is 13.8 Å². The zero-order valence-electron chi connectivity index (χ0n) is 9.34. The molecule has 0 bridgehead atoms. The first-order chi connectivity index (χ1) is 6.18. The van der Waals surface area contributed by atoms with Crippen molar-refractivity contribution >= 4 is 5.78 Å². The molecule has 1 aliphatic rings. The maximum Gasteiger partial charge on any atom is 0.143 e. The lowest BCUT2D eigenvalue weighted by Crippen LogP contribution is -2.45. The Labute approximate surface area is 81.7 Å². The van der Waals surface area contributed by atoms with Crippen molar-refractivity contribution in [3.05, 3.63) is 0 Å². The van der Waals surface area contributed by atoms with E-state index in [0.29, 0.717) is 6.54 Å². The third-order valence-electron chi connectivity index (χ3n) is 2.04. The van der Waals surface area contributed by atoms with Gasteiger partial charge in [0.2, 0.25) is 0 Å². The quantitative estimate of drug-likeness (QED) is 0.639. The first-order valence-electron chi connectivity index (χ1n) is 5.09. The molecule has 1 fully saturated rings. The van der Waals surface area contributed by atoms with E-state index in [2.05, 4.69) is 16.8 Å². The molecule has 0 atom stereocenters. The summed E-state index contributed by atoms with van der Waals surface area (Å²) in [5.74, 6) is 0.273. The molecule has 0 N–H and O–H groups in total. The summed E-state index contributed by atoms with van der Waals surface area (Å²) in [6, 6.07) is 0. The van der Waals surface area contributed by atoms with Crippen molar-refractivity contribution in [2.45, 2.75) is 20.8 Å². The van der Waals surface area contributed by atoms with Gasteiger partial charge in [-0.05, 0) is 14.0 Å². The van der Waals surface area contributed by atoms with Crippen LogP contribution >= 0.6 is 0 Å². The molecule has 1 heterocycles. The van der Waals surface area contributed by atoms with Crippen LogP contribution in [0.1, 0.15) is 20.8 Å². The maximum absolute atomic E-state index is 10.7. The van der Waals surface area contributed by atoms with Crippen LogP contribution in [0.2, 0.25) is 0 Å². The van der Waals surface area contributed by atoms with Crippen LogP contribution in [0.5, 0.6) is 0 Å². The largest absolute Gasteiger partial charge is 0.304 e. The van der Waals surface area contributed by atoms with Crippen molar-refractivity contribution in [2.24, 2.45) is 0 Å². The van der Waals surface area contributed by atoms with Crippen molar-refractivity contribution in [3.8, 4) is 0 Å². The number of carbonyl (C=O) groups is 1. The number of carbonyl (C=O) groups excluding carboxylic acids is 1. The third-order valence-corrected chi connectivity index (χ3v) is 2.04. The molecule has 0 saturated carbocycles. The van der Waals surface area contributed by atoms with Gasteiger partial charge >= 0.3 is 0 Å². The molecule has 1 saturated heterocycles. The van der Waals surface area contributed by atoms with E-state index in [1.54, 1.807) is 6.92 Å². The minimum atomic E-state index is 0.273. The lowest BCUT2D eigenvalue weighted by molar-refractivity contribution is -0.118. The van der Waals surface area contributed by atoms with Gasteiger partial charge < -0.3 is 4.90 Å². The number of piperazine rings is 1. The molecule has 0 aromatic rings. The number of rotatable bonds is 2. The molecule has 0 radical (unpaired) electrons. The van der Waals surface area contributed by atoms with E-state index in [4.69, 9.17) is 0 Å². The Morgan fingerprint density at radius 1 is 1.15 bits per heavy atom. The second-order valence-electron chi connectivity index (χ2n) is 3.28. The standard InChI is InChI=1S/C8H16N2O.C2H6/c1-8(11)7-10-5-3-9(2)4-6-10;1-2/h3-7H2,1-2H3;1-2H3. The molecule has 78 valence electrons. The fourth-order valence-corrected chi connectivity index (χ4v) is 1.32. The summed E-state index contributed by atoms with van der Waals surface area (Å²) in [5, 5.41) is 0. The van der Waals surface area contributed by atoms with E-state index in [0.717, 1.165) is 26.2 Å². The van der Waals surface area contributed by atoms with Gasteiger partial charge in [-0.2, -0.15) is 0 Å². The van der Waals surface area contributed by atoms with Crippen LogP contribution in [0.15, 0.2) is 0 Å². The summed E-state index contributed by atoms with van der Waals surface area (Å²) in [5.41, 5.74) is 0. The zero-order valence-corrected chi connectivity index (χ0v) is 9.34. The average molecular weight is 186 g/mol. The molecule has 0 amide bonds. The number of nitrogens with zero attached hydrogens (tertiary/aromatic N) is 2. The van der Waals surface area contributed by atoms with Gasteiger partial charge in [-0.3, -0.25) is 9.69 Å². The van der Waals surface area contributed by atoms with Crippen LogP contribution in [0.4, 0.5) is 0 Å². The summed E-state index contributed by atoms with van der Waals surface area (Å²) < 4.78 is 0. The van der Waals surface area contributed by atoms with Crippen LogP contribution in [0, 0.1) is 0 Å². The van der Waals surface area contributed by atoms with Crippen LogP contribution in [-0.4, -0.2) is 55.4 Å². The highest BCUT2D eigenvalue weighted by molar-refractivity contribution is 5.77. The SMILES string of the molecule is CC.CC(=O)CN1CCN(C)CC1. The van der Waals surface area contributed by atoms with Gasteiger partial charge in [-0.15, -0.1) is 0 Å². The molecule has 1 aliphatic heterocycles. The van der Waals surface area contributed by atoms with Crippen LogP contribution in [-0.2, 0) is 4.79 Å². The molecule has 3 nitrogen and oxygen atoms in total. The predicted octanol–water partition coefficient (Wildman–Crippen LogP) is 0.849. The number of hydrogen-bond acceptors (Lipinski definition) is 3. The maximum atomic E-state index is 10.7. The highest BCUT2D eigenvalue weighted by Gasteiger charge is 2.13. The Morgan fingerprint density at radius 2 is 1.62 bits per heavy atom. The van der Waals surface area contributed by atoms with E-state index in [9.17, 15) is 4.79 Å². The normalized spacial score (nSPS) is 19.1. The molecule has 0 aliphatic carbocycles. The van der Waals surface area contributed by atoms with Gasteiger partial charge in [0.05, 0.1) is 6.54 Å². The topological polar surface area (TPSA) is 23.6 Å². The first-order valence-corrected chi connectivity index (χ1v) is 5.09. The van der Waals surface area contributed by atoms with Crippen molar-refractivity contribution in [1.82, 2.24) is 9.80 Å². The zero-order chi connectivity index (χ0) is 10.3. The molecular formula is C10H22N2O. The molecule has 1 rings (SSSR count). The minimum absolute atomic E-state index is 0.273. The number of Topliss-reactive ketones (excluding diaryl/α,β-unsaturated/α-hetero) is 1. The van der Waals surface area contributed by atoms with Gasteiger partial charge in [0.1, 0.15) is 5.78 Å². The van der Waals surface area contributed by atoms with Gasteiger partial charge in [-0.25, -0.2) is 0 Å². The molecule has 3 heteroatoms. The van der Waals surface area contributed by atoms with Crippen LogP contribution < -0.4 is 0 Å². The van der Waals surface area contributed by atoms with E-state index >= 15 is 0 Å². The Kier molecular flexibility index (Phi) is 6.82. The molecular weight excluding hydrogens is 164 g/mol. The fraction of sp³-hybridized carbons (Fsp3) is 0.900. The summed E-state index contributed by atoms with van der Waals surface area (Å²) in [7, 11) is 2.12. The smallest absolute Gasteiger partial charge is 0.143 e. The van der Waals surface area contributed by atoms with Gasteiger partial charge in [0, 0.05) is 26.2 Å². The number of hydrogen-bond donors (Lipinski definition) is 0.